The lowest BCUT2D eigenvalue weighted by Crippen LogP contribution is -2.12. The van der Waals surface area contributed by atoms with Gasteiger partial charge in [-0.05, 0) is 55.5 Å². The van der Waals surface area contributed by atoms with Gasteiger partial charge in [-0.25, -0.2) is 4.98 Å². The Hall–Kier alpha value is -5.31. The molecule has 6 rings (SSSR count). The van der Waals surface area contributed by atoms with E-state index in [2.05, 4.69) is 83.8 Å². The van der Waals surface area contributed by atoms with Crippen LogP contribution in [-0.2, 0) is 13.0 Å². The number of amides is 1. The molecule has 0 fully saturated rings. The summed E-state index contributed by atoms with van der Waals surface area (Å²) in [5, 5.41) is 11.7. The van der Waals surface area contributed by atoms with E-state index in [0.29, 0.717) is 35.5 Å². The summed E-state index contributed by atoms with van der Waals surface area (Å²) < 4.78 is 2.32. The van der Waals surface area contributed by atoms with Crippen LogP contribution >= 0.6 is 0 Å². The van der Waals surface area contributed by atoms with Crippen LogP contribution in [0.15, 0.2) is 91.1 Å². The maximum atomic E-state index is 12.5. The number of hydrogen-bond donors (Lipinski definition) is 3. The highest BCUT2D eigenvalue weighted by Crippen LogP contribution is 2.31. The Kier molecular flexibility index (Phi) is 6.76. The quantitative estimate of drug-likeness (QED) is 0.202. The molecule has 1 amide bonds. The molecule has 0 saturated carbocycles. The lowest BCUT2D eigenvalue weighted by molar-refractivity contribution is 0.102. The SMILES string of the molecule is CCc1nc(Nc2ccc3c(c2)c2ccccc2n3CC)nc(Nc2ccc(C(=O)Nc3ccccc3)cn2)n1. The van der Waals surface area contributed by atoms with Crippen LogP contribution in [0.25, 0.3) is 21.8 Å². The van der Waals surface area contributed by atoms with Gasteiger partial charge in [0.05, 0.1) is 5.56 Å². The number of rotatable bonds is 8. The maximum absolute atomic E-state index is 12.5. The summed E-state index contributed by atoms with van der Waals surface area (Å²) >= 11 is 0. The average molecular weight is 529 g/mol. The number of benzene rings is 3. The number of hydrogen-bond acceptors (Lipinski definition) is 7. The highest BCUT2D eigenvalue weighted by atomic mass is 16.1. The highest BCUT2D eigenvalue weighted by Gasteiger charge is 2.12. The molecule has 0 bridgehead atoms. The lowest BCUT2D eigenvalue weighted by Gasteiger charge is -2.10. The molecule has 0 unspecified atom stereocenters. The highest BCUT2D eigenvalue weighted by molar-refractivity contribution is 6.09. The number of anilines is 5. The zero-order valence-electron chi connectivity index (χ0n) is 22.2. The topological polar surface area (TPSA) is 110 Å². The molecule has 40 heavy (non-hydrogen) atoms. The van der Waals surface area contributed by atoms with Crippen molar-refractivity contribution < 1.29 is 4.79 Å². The Bertz CT molecular complexity index is 1810. The molecule has 9 nitrogen and oxygen atoms in total. The Morgan fingerprint density at radius 2 is 1.50 bits per heavy atom. The number of nitrogens with one attached hydrogen (secondary N) is 3. The van der Waals surface area contributed by atoms with Crippen LogP contribution in [0, 0.1) is 0 Å². The van der Waals surface area contributed by atoms with E-state index in [9.17, 15) is 4.79 Å². The van der Waals surface area contributed by atoms with Crippen molar-refractivity contribution in [3.8, 4) is 0 Å². The summed E-state index contributed by atoms with van der Waals surface area (Å²) in [4.78, 5) is 30.6. The summed E-state index contributed by atoms with van der Waals surface area (Å²) in [7, 11) is 0. The minimum atomic E-state index is -0.232. The third-order valence-corrected chi connectivity index (χ3v) is 6.64. The van der Waals surface area contributed by atoms with Crippen LogP contribution in [0.1, 0.15) is 30.0 Å². The van der Waals surface area contributed by atoms with E-state index in [4.69, 9.17) is 0 Å². The first kappa shape index (κ1) is 25.0. The zero-order valence-corrected chi connectivity index (χ0v) is 22.2. The fourth-order valence-electron chi connectivity index (χ4n) is 4.73. The number of aromatic nitrogens is 5. The first-order chi connectivity index (χ1) is 19.6. The van der Waals surface area contributed by atoms with E-state index < -0.39 is 0 Å². The largest absolute Gasteiger partial charge is 0.341 e. The van der Waals surface area contributed by atoms with Gasteiger partial charge in [-0.1, -0.05) is 43.3 Å². The zero-order chi connectivity index (χ0) is 27.5. The third-order valence-electron chi connectivity index (χ3n) is 6.64. The van der Waals surface area contributed by atoms with E-state index >= 15 is 0 Å². The number of carbonyl (C=O) groups excluding carboxylic acids is 1. The van der Waals surface area contributed by atoms with Gasteiger partial charge < -0.3 is 20.5 Å². The van der Waals surface area contributed by atoms with Gasteiger partial charge in [0.2, 0.25) is 11.9 Å². The Morgan fingerprint density at radius 1 is 0.750 bits per heavy atom. The molecule has 3 heterocycles. The summed E-state index contributed by atoms with van der Waals surface area (Å²) in [5.41, 5.74) is 4.46. The first-order valence-corrected chi connectivity index (χ1v) is 13.2. The van der Waals surface area contributed by atoms with Crippen LogP contribution in [0.3, 0.4) is 0 Å². The predicted molar refractivity (Wildman–Crippen MR) is 160 cm³/mol. The Morgan fingerprint density at radius 3 is 2.25 bits per heavy atom. The normalized spacial score (nSPS) is 11.1. The monoisotopic (exact) mass is 528 g/mol. The van der Waals surface area contributed by atoms with Gasteiger partial charge >= 0.3 is 0 Å². The third kappa shape index (κ3) is 5.04. The molecule has 0 aliphatic heterocycles. The molecule has 3 aromatic heterocycles. The minimum Gasteiger partial charge on any atom is -0.341 e. The number of nitrogens with zero attached hydrogens (tertiary/aromatic N) is 5. The predicted octanol–water partition coefficient (Wildman–Crippen LogP) is 6.70. The molecule has 3 N–H and O–H groups in total. The smallest absolute Gasteiger partial charge is 0.257 e. The summed E-state index contributed by atoms with van der Waals surface area (Å²) in [6.45, 7) is 5.05. The van der Waals surface area contributed by atoms with Crippen LogP contribution in [-0.4, -0.2) is 30.4 Å². The van der Waals surface area contributed by atoms with Crippen molar-refractivity contribution in [1.82, 2.24) is 24.5 Å². The van der Waals surface area contributed by atoms with Gasteiger partial charge in [0, 0.05) is 52.3 Å². The second-order valence-corrected chi connectivity index (χ2v) is 9.25. The molecule has 0 saturated heterocycles. The van der Waals surface area contributed by atoms with E-state index in [1.807, 2.05) is 43.3 Å². The molecule has 0 atom stereocenters. The van der Waals surface area contributed by atoms with Crippen molar-refractivity contribution in [2.75, 3.05) is 16.0 Å². The van der Waals surface area contributed by atoms with Crippen LogP contribution in [0.2, 0.25) is 0 Å². The molecular weight excluding hydrogens is 500 g/mol. The van der Waals surface area contributed by atoms with Crippen molar-refractivity contribution >= 4 is 56.8 Å². The fourth-order valence-corrected chi connectivity index (χ4v) is 4.73. The van der Waals surface area contributed by atoms with Crippen LogP contribution in [0.5, 0.6) is 0 Å². The van der Waals surface area contributed by atoms with Gasteiger partial charge in [-0.3, -0.25) is 4.79 Å². The van der Waals surface area contributed by atoms with Crippen molar-refractivity contribution in [3.05, 3.63) is 103 Å². The first-order valence-electron chi connectivity index (χ1n) is 13.2. The molecule has 198 valence electrons. The second kappa shape index (κ2) is 10.8. The van der Waals surface area contributed by atoms with Gasteiger partial charge in [-0.2, -0.15) is 15.0 Å². The molecule has 0 spiro atoms. The average Bonchev–Trinajstić information content (AvgIpc) is 3.31. The molecular formula is C31H28N8O. The van der Waals surface area contributed by atoms with Gasteiger partial charge in [0.1, 0.15) is 11.6 Å². The number of carbonyl (C=O) groups is 1. The van der Waals surface area contributed by atoms with E-state index in [1.54, 1.807) is 12.1 Å². The summed E-state index contributed by atoms with van der Waals surface area (Å²) in [5.74, 6) is 1.73. The van der Waals surface area contributed by atoms with Crippen molar-refractivity contribution in [1.29, 1.82) is 0 Å². The van der Waals surface area contributed by atoms with Crippen molar-refractivity contribution in [2.45, 2.75) is 26.8 Å². The van der Waals surface area contributed by atoms with Crippen LogP contribution in [0.4, 0.5) is 29.1 Å². The Balaban J connectivity index is 1.22. The number of aryl methyl sites for hydroxylation is 2. The standard InChI is InChI=1S/C31H28N8O/c1-3-27-35-30(34-22-15-16-26-24(18-22)23-12-8-9-13-25(23)39(26)4-2)38-31(36-27)37-28-17-14-20(19-32-28)29(40)33-21-10-6-5-7-11-21/h5-19H,3-4H2,1-2H3,(H,33,40)(H2,32,34,35,36,37,38). The summed E-state index contributed by atoms with van der Waals surface area (Å²) in [6, 6.07) is 27.5. The Labute approximate surface area is 231 Å². The number of para-hydroxylation sites is 2. The van der Waals surface area contributed by atoms with E-state index in [0.717, 1.165) is 17.9 Å². The van der Waals surface area contributed by atoms with Gasteiger partial charge in [0.15, 0.2) is 0 Å². The van der Waals surface area contributed by atoms with Crippen LogP contribution < -0.4 is 16.0 Å². The molecule has 0 radical (unpaired) electrons. The number of pyridine rings is 1. The molecule has 6 aromatic rings. The van der Waals surface area contributed by atoms with E-state index in [-0.39, 0.29) is 5.91 Å². The molecule has 9 heteroatoms. The van der Waals surface area contributed by atoms with Gasteiger partial charge in [-0.15, -0.1) is 0 Å². The maximum Gasteiger partial charge on any atom is 0.257 e. The minimum absolute atomic E-state index is 0.232. The van der Waals surface area contributed by atoms with Crippen molar-refractivity contribution in [2.24, 2.45) is 0 Å². The lowest BCUT2D eigenvalue weighted by atomic mass is 10.1. The number of fused-ring (bicyclic) bond motifs is 3. The summed E-state index contributed by atoms with van der Waals surface area (Å²) in [6.07, 6.45) is 2.16. The van der Waals surface area contributed by atoms with E-state index in [1.165, 1.54) is 28.0 Å². The fraction of sp³-hybridized carbons (Fsp3) is 0.129. The molecule has 3 aromatic carbocycles. The van der Waals surface area contributed by atoms with Gasteiger partial charge in [0.25, 0.3) is 5.91 Å². The molecule has 0 aliphatic carbocycles. The second-order valence-electron chi connectivity index (χ2n) is 9.25. The molecule has 0 aliphatic rings. The van der Waals surface area contributed by atoms with Crippen molar-refractivity contribution in [3.63, 3.8) is 0 Å².